The Bertz CT molecular complexity index is 373. The van der Waals surface area contributed by atoms with Crippen molar-refractivity contribution in [3.8, 4) is 0 Å². The Labute approximate surface area is 103 Å². The molecule has 1 aromatic rings. The molecule has 0 spiro atoms. The van der Waals surface area contributed by atoms with Gasteiger partial charge in [0.2, 0.25) is 5.89 Å². The summed E-state index contributed by atoms with van der Waals surface area (Å²) < 4.78 is 5.52. The highest BCUT2D eigenvalue weighted by molar-refractivity contribution is 5.06. The fourth-order valence-corrected chi connectivity index (χ4v) is 2.19. The lowest BCUT2D eigenvalue weighted by Gasteiger charge is -2.12. The summed E-state index contributed by atoms with van der Waals surface area (Å²) in [7, 11) is 0. The number of aryl methyl sites for hydroxylation is 2. The minimum atomic E-state index is 0.738. The molecule has 0 amide bonds. The maximum absolute atomic E-state index is 5.52. The predicted octanol–water partition coefficient (Wildman–Crippen LogP) is 3.27. The Morgan fingerprint density at radius 2 is 2.24 bits per heavy atom. The Kier molecular flexibility index (Phi) is 4.37. The first-order valence-electron chi connectivity index (χ1n) is 6.57. The van der Waals surface area contributed by atoms with Crippen LogP contribution in [0, 0.1) is 13.8 Å². The van der Waals surface area contributed by atoms with E-state index in [1.807, 2.05) is 13.8 Å². The summed E-state index contributed by atoms with van der Waals surface area (Å²) in [6.07, 6.45) is 8.87. The zero-order chi connectivity index (χ0) is 12.1. The van der Waals surface area contributed by atoms with E-state index in [0.29, 0.717) is 0 Å². The average molecular weight is 234 g/mol. The topological polar surface area (TPSA) is 38.1 Å². The molecule has 0 fully saturated rings. The number of nitrogens with zero attached hydrogens (tertiary/aromatic N) is 1. The Hall–Kier alpha value is -1.09. The van der Waals surface area contributed by atoms with Gasteiger partial charge in [0.1, 0.15) is 5.76 Å². The lowest BCUT2D eigenvalue weighted by Crippen LogP contribution is -2.15. The minimum Gasteiger partial charge on any atom is -0.444 e. The molecule has 1 N–H and O–H groups in total. The second-order valence-electron chi connectivity index (χ2n) is 4.78. The van der Waals surface area contributed by atoms with E-state index in [1.54, 1.807) is 5.57 Å². The van der Waals surface area contributed by atoms with Gasteiger partial charge >= 0.3 is 0 Å². The van der Waals surface area contributed by atoms with Crippen molar-refractivity contribution in [1.29, 1.82) is 0 Å². The molecule has 1 aromatic heterocycles. The van der Waals surface area contributed by atoms with Gasteiger partial charge in [0.05, 0.1) is 12.2 Å². The lowest BCUT2D eigenvalue weighted by atomic mass is 9.97. The van der Waals surface area contributed by atoms with Crippen LogP contribution >= 0.6 is 0 Å². The summed E-state index contributed by atoms with van der Waals surface area (Å²) in [5.41, 5.74) is 2.61. The molecule has 17 heavy (non-hydrogen) atoms. The smallest absolute Gasteiger partial charge is 0.208 e. The standard InChI is InChI=1S/C14H22N2O/c1-11-12(2)17-14(16-11)10-15-9-8-13-6-4-3-5-7-13/h6,15H,3-5,7-10H2,1-2H3. The molecule has 0 bridgehead atoms. The number of hydrogen-bond donors (Lipinski definition) is 1. The van der Waals surface area contributed by atoms with Crippen LogP contribution in [0.3, 0.4) is 0 Å². The largest absolute Gasteiger partial charge is 0.444 e. The number of oxazole rings is 1. The third kappa shape index (κ3) is 3.70. The van der Waals surface area contributed by atoms with Crippen LogP contribution in [0.15, 0.2) is 16.1 Å². The summed E-state index contributed by atoms with van der Waals surface area (Å²) >= 11 is 0. The summed E-state index contributed by atoms with van der Waals surface area (Å²) in [4.78, 5) is 4.35. The van der Waals surface area contributed by atoms with Crippen LogP contribution < -0.4 is 5.32 Å². The molecule has 3 nitrogen and oxygen atoms in total. The third-order valence-electron chi connectivity index (χ3n) is 3.36. The Morgan fingerprint density at radius 1 is 1.35 bits per heavy atom. The van der Waals surface area contributed by atoms with Crippen LogP contribution in [0.4, 0.5) is 0 Å². The van der Waals surface area contributed by atoms with Crippen LogP contribution in [0.1, 0.15) is 49.4 Å². The Morgan fingerprint density at radius 3 is 2.88 bits per heavy atom. The zero-order valence-corrected chi connectivity index (χ0v) is 10.9. The van der Waals surface area contributed by atoms with Gasteiger partial charge in [-0.2, -0.15) is 0 Å². The van der Waals surface area contributed by atoms with Gasteiger partial charge < -0.3 is 9.73 Å². The number of hydrogen-bond acceptors (Lipinski definition) is 3. The maximum atomic E-state index is 5.52. The van der Waals surface area contributed by atoms with Crippen LogP contribution in [-0.4, -0.2) is 11.5 Å². The molecule has 0 aliphatic heterocycles. The zero-order valence-electron chi connectivity index (χ0n) is 10.9. The van der Waals surface area contributed by atoms with E-state index < -0.39 is 0 Å². The molecule has 94 valence electrons. The van der Waals surface area contributed by atoms with Gasteiger partial charge in [-0.15, -0.1) is 0 Å². The average Bonchev–Trinajstić information content (AvgIpc) is 2.66. The predicted molar refractivity (Wildman–Crippen MR) is 68.9 cm³/mol. The molecular weight excluding hydrogens is 212 g/mol. The first-order chi connectivity index (χ1) is 8.25. The molecule has 1 aliphatic rings. The van der Waals surface area contributed by atoms with Gasteiger partial charge in [0.15, 0.2) is 0 Å². The molecule has 3 heteroatoms. The highest BCUT2D eigenvalue weighted by Crippen LogP contribution is 2.19. The molecule has 1 heterocycles. The van der Waals surface area contributed by atoms with Crippen molar-refractivity contribution in [2.45, 2.75) is 52.5 Å². The first-order valence-corrected chi connectivity index (χ1v) is 6.57. The van der Waals surface area contributed by atoms with E-state index in [-0.39, 0.29) is 0 Å². The molecule has 0 radical (unpaired) electrons. The molecule has 0 unspecified atom stereocenters. The second kappa shape index (κ2) is 6.01. The van der Waals surface area contributed by atoms with Gasteiger partial charge in [0.25, 0.3) is 0 Å². The summed E-state index contributed by atoms with van der Waals surface area (Å²) in [5, 5.41) is 3.39. The van der Waals surface area contributed by atoms with E-state index in [2.05, 4.69) is 16.4 Å². The Balaban J connectivity index is 1.67. The highest BCUT2D eigenvalue weighted by atomic mass is 16.4. The molecule has 2 rings (SSSR count). The third-order valence-corrected chi connectivity index (χ3v) is 3.36. The van der Waals surface area contributed by atoms with Crippen molar-refractivity contribution >= 4 is 0 Å². The van der Waals surface area contributed by atoms with Crippen LogP contribution in [0.25, 0.3) is 0 Å². The number of aromatic nitrogens is 1. The van der Waals surface area contributed by atoms with Gasteiger partial charge in [-0.3, -0.25) is 0 Å². The number of rotatable bonds is 5. The quantitative estimate of drug-likeness (QED) is 0.627. The van der Waals surface area contributed by atoms with E-state index in [4.69, 9.17) is 4.42 Å². The highest BCUT2D eigenvalue weighted by Gasteiger charge is 2.06. The second-order valence-corrected chi connectivity index (χ2v) is 4.78. The van der Waals surface area contributed by atoms with Crippen LogP contribution in [0.5, 0.6) is 0 Å². The summed E-state index contributed by atoms with van der Waals surface area (Å²) in [5.74, 6) is 1.73. The van der Waals surface area contributed by atoms with Crippen molar-refractivity contribution < 1.29 is 4.42 Å². The fraction of sp³-hybridized carbons (Fsp3) is 0.643. The van der Waals surface area contributed by atoms with Gasteiger partial charge in [0, 0.05) is 0 Å². The van der Waals surface area contributed by atoms with Crippen LogP contribution in [-0.2, 0) is 6.54 Å². The minimum absolute atomic E-state index is 0.738. The van der Waals surface area contributed by atoms with Gasteiger partial charge in [-0.25, -0.2) is 4.98 Å². The van der Waals surface area contributed by atoms with E-state index >= 15 is 0 Å². The van der Waals surface area contributed by atoms with Crippen molar-refractivity contribution in [2.24, 2.45) is 0 Å². The SMILES string of the molecule is Cc1nc(CNCCC2=CCCCC2)oc1C. The molecule has 0 aromatic carbocycles. The summed E-state index contributed by atoms with van der Waals surface area (Å²) in [6, 6.07) is 0. The molecule has 0 saturated heterocycles. The van der Waals surface area contributed by atoms with Crippen molar-refractivity contribution in [1.82, 2.24) is 10.3 Å². The maximum Gasteiger partial charge on any atom is 0.208 e. The molecule has 1 aliphatic carbocycles. The fourth-order valence-electron chi connectivity index (χ4n) is 2.19. The summed E-state index contributed by atoms with van der Waals surface area (Å²) in [6.45, 7) is 5.70. The molecule has 0 saturated carbocycles. The van der Waals surface area contributed by atoms with E-state index in [1.165, 1.54) is 32.1 Å². The number of nitrogens with one attached hydrogen (secondary N) is 1. The number of allylic oxidation sites excluding steroid dienone is 1. The van der Waals surface area contributed by atoms with Crippen LogP contribution in [0.2, 0.25) is 0 Å². The molecular formula is C14H22N2O. The monoisotopic (exact) mass is 234 g/mol. The van der Waals surface area contributed by atoms with E-state index in [0.717, 1.165) is 30.4 Å². The lowest BCUT2D eigenvalue weighted by molar-refractivity contribution is 0.449. The van der Waals surface area contributed by atoms with Crippen molar-refractivity contribution in [3.05, 3.63) is 29.0 Å². The van der Waals surface area contributed by atoms with E-state index in [9.17, 15) is 0 Å². The first kappa shape index (κ1) is 12.4. The normalized spacial score (nSPS) is 16.0. The van der Waals surface area contributed by atoms with Crippen molar-refractivity contribution in [3.63, 3.8) is 0 Å². The van der Waals surface area contributed by atoms with Gasteiger partial charge in [-0.05, 0) is 52.5 Å². The molecule has 0 atom stereocenters. The van der Waals surface area contributed by atoms with Gasteiger partial charge in [-0.1, -0.05) is 11.6 Å². The van der Waals surface area contributed by atoms with Crippen molar-refractivity contribution in [2.75, 3.05) is 6.54 Å².